The van der Waals surface area contributed by atoms with Crippen LogP contribution in [-0.2, 0) is 19.6 Å². The molecule has 0 spiro atoms. The predicted octanol–water partition coefficient (Wildman–Crippen LogP) is 2.17. The van der Waals surface area contributed by atoms with E-state index in [0.29, 0.717) is 5.69 Å². The lowest BCUT2D eigenvalue weighted by atomic mass is 10.1. The number of amides is 2. The van der Waals surface area contributed by atoms with Crippen molar-refractivity contribution in [1.29, 1.82) is 0 Å². The fourth-order valence-electron chi connectivity index (χ4n) is 3.45. The van der Waals surface area contributed by atoms with Crippen molar-refractivity contribution < 1.29 is 27.1 Å². The molecule has 0 bridgehead atoms. The zero-order valence-electron chi connectivity index (χ0n) is 18.2. The number of nitrogens with one attached hydrogen (secondary N) is 1. The number of sulfonamides is 1. The SMILES string of the molecule is Cc1cccc(C)c1NC(=O)CN(C)C(=O)c1cc(S(=O)(=O)N2CCOCC2)ccc1F. The van der Waals surface area contributed by atoms with Crippen LogP contribution in [0.25, 0.3) is 0 Å². The number of benzene rings is 2. The summed E-state index contributed by atoms with van der Waals surface area (Å²) in [5, 5.41) is 2.77. The standard InChI is InChI=1S/C22H26FN3O5S/c1-15-5-4-6-16(2)21(15)24-20(27)14-25(3)22(28)18-13-17(7-8-19(18)23)32(29,30)26-9-11-31-12-10-26/h4-8,13H,9-12,14H2,1-3H3,(H,24,27). The minimum Gasteiger partial charge on any atom is -0.379 e. The van der Waals surface area contributed by atoms with Crippen molar-refractivity contribution in [3.8, 4) is 0 Å². The van der Waals surface area contributed by atoms with Crippen molar-refractivity contribution in [2.75, 3.05) is 45.2 Å². The Morgan fingerprint density at radius 1 is 1.12 bits per heavy atom. The first-order chi connectivity index (χ1) is 15.1. The van der Waals surface area contributed by atoms with Crippen molar-refractivity contribution in [2.45, 2.75) is 18.7 Å². The van der Waals surface area contributed by atoms with E-state index in [1.807, 2.05) is 32.0 Å². The molecule has 0 saturated carbocycles. The second-order valence-electron chi connectivity index (χ2n) is 7.63. The Kier molecular flexibility index (Phi) is 7.27. The van der Waals surface area contributed by atoms with Gasteiger partial charge >= 0.3 is 0 Å². The minimum atomic E-state index is -3.90. The molecule has 2 amide bonds. The number of carbonyl (C=O) groups excluding carboxylic acids is 2. The second kappa shape index (κ2) is 9.76. The Labute approximate surface area is 187 Å². The smallest absolute Gasteiger partial charge is 0.257 e. The number of hydrogen-bond acceptors (Lipinski definition) is 5. The van der Waals surface area contributed by atoms with Gasteiger partial charge in [-0.05, 0) is 43.2 Å². The van der Waals surface area contributed by atoms with E-state index in [-0.39, 0.29) is 37.7 Å². The van der Waals surface area contributed by atoms with Gasteiger partial charge in [0, 0.05) is 25.8 Å². The molecule has 0 aliphatic carbocycles. The summed E-state index contributed by atoms with van der Waals surface area (Å²) in [6.45, 7) is 4.28. The summed E-state index contributed by atoms with van der Waals surface area (Å²) in [4.78, 5) is 26.2. The molecular formula is C22H26FN3O5S. The molecule has 1 aliphatic heterocycles. The third-order valence-corrected chi connectivity index (χ3v) is 7.14. The molecule has 1 fully saturated rings. The van der Waals surface area contributed by atoms with Gasteiger partial charge in [0.15, 0.2) is 0 Å². The molecule has 1 N–H and O–H groups in total. The number of likely N-dealkylation sites (N-methyl/N-ethyl adjacent to an activating group) is 1. The van der Waals surface area contributed by atoms with Gasteiger partial charge in [-0.3, -0.25) is 9.59 Å². The Morgan fingerprint density at radius 3 is 2.38 bits per heavy atom. The van der Waals surface area contributed by atoms with Crippen LogP contribution in [0.3, 0.4) is 0 Å². The third-order valence-electron chi connectivity index (χ3n) is 5.25. The zero-order chi connectivity index (χ0) is 23.5. The molecule has 172 valence electrons. The molecule has 1 heterocycles. The van der Waals surface area contributed by atoms with Gasteiger partial charge in [0.05, 0.1) is 30.2 Å². The van der Waals surface area contributed by atoms with Crippen LogP contribution in [0.15, 0.2) is 41.3 Å². The van der Waals surface area contributed by atoms with Crippen LogP contribution in [0.2, 0.25) is 0 Å². The summed E-state index contributed by atoms with van der Waals surface area (Å²) in [7, 11) is -2.54. The van der Waals surface area contributed by atoms with Gasteiger partial charge in [-0.2, -0.15) is 4.31 Å². The van der Waals surface area contributed by atoms with Gasteiger partial charge in [-0.25, -0.2) is 12.8 Å². The number of hydrogen-bond donors (Lipinski definition) is 1. The molecular weight excluding hydrogens is 437 g/mol. The second-order valence-corrected chi connectivity index (χ2v) is 9.57. The Morgan fingerprint density at radius 2 is 1.75 bits per heavy atom. The molecule has 2 aromatic rings. The number of morpholine rings is 1. The lowest BCUT2D eigenvalue weighted by Gasteiger charge is -2.26. The molecule has 32 heavy (non-hydrogen) atoms. The van der Waals surface area contributed by atoms with Gasteiger partial charge < -0.3 is 15.0 Å². The third kappa shape index (κ3) is 5.14. The minimum absolute atomic E-state index is 0.182. The highest BCUT2D eigenvalue weighted by atomic mass is 32.2. The number of halogens is 1. The molecule has 8 nitrogen and oxygen atoms in total. The average Bonchev–Trinajstić information content (AvgIpc) is 2.76. The maximum Gasteiger partial charge on any atom is 0.257 e. The average molecular weight is 464 g/mol. The molecule has 3 rings (SSSR count). The van der Waals surface area contributed by atoms with Gasteiger partial charge in [0.1, 0.15) is 5.82 Å². The highest BCUT2D eigenvalue weighted by molar-refractivity contribution is 7.89. The van der Waals surface area contributed by atoms with Crippen molar-refractivity contribution >= 4 is 27.5 Å². The van der Waals surface area contributed by atoms with Crippen LogP contribution < -0.4 is 5.32 Å². The van der Waals surface area contributed by atoms with Gasteiger partial charge in [0.2, 0.25) is 15.9 Å². The van der Waals surface area contributed by atoms with E-state index >= 15 is 0 Å². The Balaban J connectivity index is 1.76. The van der Waals surface area contributed by atoms with E-state index in [9.17, 15) is 22.4 Å². The number of nitrogens with zero attached hydrogens (tertiary/aromatic N) is 2. The van der Waals surface area contributed by atoms with Crippen LogP contribution in [0.1, 0.15) is 21.5 Å². The first kappa shape index (κ1) is 23.8. The quantitative estimate of drug-likeness (QED) is 0.709. The van der Waals surface area contributed by atoms with E-state index in [0.717, 1.165) is 34.2 Å². The van der Waals surface area contributed by atoms with E-state index in [1.165, 1.54) is 11.4 Å². The molecule has 0 atom stereocenters. The van der Waals surface area contributed by atoms with E-state index in [2.05, 4.69) is 5.32 Å². The van der Waals surface area contributed by atoms with E-state index in [4.69, 9.17) is 4.74 Å². The monoisotopic (exact) mass is 463 g/mol. The van der Waals surface area contributed by atoms with Crippen LogP contribution >= 0.6 is 0 Å². The van der Waals surface area contributed by atoms with E-state index in [1.54, 1.807) is 0 Å². The zero-order valence-corrected chi connectivity index (χ0v) is 19.0. The van der Waals surface area contributed by atoms with E-state index < -0.39 is 33.2 Å². The summed E-state index contributed by atoms with van der Waals surface area (Å²) in [5.41, 5.74) is 1.99. The van der Waals surface area contributed by atoms with Gasteiger partial charge in [-0.15, -0.1) is 0 Å². The van der Waals surface area contributed by atoms with Crippen molar-refractivity contribution in [2.24, 2.45) is 0 Å². The number of anilines is 1. The predicted molar refractivity (Wildman–Crippen MR) is 117 cm³/mol. The maximum absolute atomic E-state index is 14.4. The van der Waals surface area contributed by atoms with Crippen molar-refractivity contribution in [1.82, 2.24) is 9.21 Å². The summed E-state index contributed by atoms with van der Waals surface area (Å²) in [6.07, 6.45) is 0. The van der Waals surface area contributed by atoms with Crippen molar-refractivity contribution in [3.63, 3.8) is 0 Å². The molecule has 1 aliphatic rings. The number of ether oxygens (including phenoxy) is 1. The lowest BCUT2D eigenvalue weighted by Crippen LogP contribution is -2.40. The highest BCUT2D eigenvalue weighted by Crippen LogP contribution is 2.22. The molecule has 0 aromatic heterocycles. The molecule has 1 saturated heterocycles. The highest BCUT2D eigenvalue weighted by Gasteiger charge is 2.28. The summed E-state index contributed by atoms with van der Waals surface area (Å²) >= 11 is 0. The van der Waals surface area contributed by atoms with Crippen LogP contribution in [0, 0.1) is 19.7 Å². The van der Waals surface area contributed by atoms with Crippen LogP contribution in [0.5, 0.6) is 0 Å². The topological polar surface area (TPSA) is 96.0 Å². The first-order valence-electron chi connectivity index (χ1n) is 10.1. The fourth-order valence-corrected chi connectivity index (χ4v) is 4.88. The number of rotatable bonds is 6. The van der Waals surface area contributed by atoms with Gasteiger partial charge in [-0.1, -0.05) is 18.2 Å². The van der Waals surface area contributed by atoms with Crippen LogP contribution in [0.4, 0.5) is 10.1 Å². The number of aryl methyl sites for hydroxylation is 2. The Bertz CT molecular complexity index is 1110. The summed E-state index contributed by atoms with van der Waals surface area (Å²) < 4.78 is 46.5. The normalized spacial score (nSPS) is 14.8. The largest absolute Gasteiger partial charge is 0.379 e. The number of carbonyl (C=O) groups is 2. The molecule has 0 unspecified atom stereocenters. The Hall–Kier alpha value is -2.82. The summed E-state index contributed by atoms with van der Waals surface area (Å²) in [6, 6.07) is 8.68. The maximum atomic E-state index is 14.4. The van der Waals surface area contributed by atoms with Crippen LogP contribution in [-0.4, -0.2) is 69.3 Å². The first-order valence-corrected chi connectivity index (χ1v) is 11.5. The fraction of sp³-hybridized carbons (Fsp3) is 0.364. The molecule has 0 radical (unpaired) electrons. The number of para-hydroxylation sites is 1. The summed E-state index contributed by atoms with van der Waals surface area (Å²) in [5.74, 6) is -2.10. The molecule has 10 heteroatoms. The lowest BCUT2D eigenvalue weighted by molar-refractivity contribution is -0.116. The van der Waals surface area contributed by atoms with Crippen molar-refractivity contribution in [3.05, 3.63) is 58.9 Å². The molecule has 2 aromatic carbocycles. The van der Waals surface area contributed by atoms with Gasteiger partial charge in [0.25, 0.3) is 5.91 Å².